The van der Waals surface area contributed by atoms with Gasteiger partial charge in [0.25, 0.3) is 0 Å². The predicted molar refractivity (Wildman–Crippen MR) is 106 cm³/mol. The largest absolute Gasteiger partial charge is 0.461 e. The van der Waals surface area contributed by atoms with Gasteiger partial charge in [0.2, 0.25) is 0 Å². The minimum atomic E-state index is -0.583. The molecule has 7 nitrogen and oxygen atoms in total. The van der Waals surface area contributed by atoms with Crippen molar-refractivity contribution in [2.24, 2.45) is 17.8 Å². The van der Waals surface area contributed by atoms with E-state index in [4.69, 9.17) is 13.9 Å². The monoisotopic (exact) mass is 399 g/mol. The molecule has 2 bridgehead atoms. The molecule has 1 heterocycles. The van der Waals surface area contributed by atoms with Gasteiger partial charge in [-0.2, -0.15) is 0 Å². The van der Waals surface area contributed by atoms with Crippen molar-refractivity contribution < 1.29 is 23.5 Å². The van der Waals surface area contributed by atoms with Crippen LogP contribution in [0.15, 0.2) is 33.5 Å². The standard InChI is InChI=1S/C22H25NO6/c1-2-27-22(26)23-17-5-6-18-16(10-21(25)29-19(18)11-17)12-28-20(24)9-15-8-13-3-4-14(15)7-13/h5-6,10-11,13-15H,2-4,7-9,12H2,1H3,(H,23,26)/t13-,14-,15-/m1/s1. The summed E-state index contributed by atoms with van der Waals surface area (Å²) in [5.41, 5.74) is 0.806. The van der Waals surface area contributed by atoms with Crippen molar-refractivity contribution >= 4 is 28.7 Å². The highest BCUT2D eigenvalue weighted by atomic mass is 16.5. The van der Waals surface area contributed by atoms with Crippen LogP contribution in [0.5, 0.6) is 0 Å². The molecule has 0 spiro atoms. The summed E-state index contributed by atoms with van der Waals surface area (Å²) in [5, 5.41) is 3.23. The first-order valence-electron chi connectivity index (χ1n) is 10.2. The average molecular weight is 399 g/mol. The van der Waals surface area contributed by atoms with Crippen molar-refractivity contribution in [3.8, 4) is 0 Å². The zero-order valence-corrected chi connectivity index (χ0v) is 16.4. The quantitative estimate of drug-likeness (QED) is 0.577. The zero-order valence-electron chi connectivity index (χ0n) is 16.4. The van der Waals surface area contributed by atoms with Crippen LogP contribution in [0.4, 0.5) is 10.5 Å². The third kappa shape index (κ3) is 4.44. The fourth-order valence-electron chi connectivity index (χ4n) is 4.77. The van der Waals surface area contributed by atoms with E-state index in [-0.39, 0.29) is 19.2 Å². The summed E-state index contributed by atoms with van der Waals surface area (Å²) in [6.07, 6.45) is 4.79. The average Bonchev–Trinajstić information content (AvgIpc) is 3.29. The first-order valence-corrected chi connectivity index (χ1v) is 10.2. The van der Waals surface area contributed by atoms with Gasteiger partial charge in [-0.25, -0.2) is 9.59 Å². The Morgan fingerprint density at radius 2 is 2.03 bits per heavy atom. The van der Waals surface area contributed by atoms with Crippen molar-refractivity contribution in [2.75, 3.05) is 11.9 Å². The fourth-order valence-corrected chi connectivity index (χ4v) is 4.77. The highest BCUT2D eigenvalue weighted by Gasteiger charge is 2.40. The highest BCUT2D eigenvalue weighted by Crippen LogP contribution is 2.49. The summed E-state index contributed by atoms with van der Waals surface area (Å²) in [4.78, 5) is 35.8. The van der Waals surface area contributed by atoms with Crippen LogP contribution < -0.4 is 10.9 Å². The molecular weight excluding hydrogens is 374 g/mol. The predicted octanol–water partition coefficient (Wildman–Crippen LogP) is 4.23. The minimum absolute atomic E-state index is 0.0202. The van der Waals surface area contributed by atoms with Gasteiger partial charge in [0.15, 0.2) is 0 Å². The van der Waals surface area contributed by atoms with Gasteiger partial charge in [-0.15, -0.1) is 0 Å². The Morgan fingerprint density at radius 1 is 1.17 bits per heavy atom. The van der Waals surface area contributed by atoms with Crippen molar-refractivity contribution in [3.63, 3.8) is 0 Å². The number of carbonyl (C=O) groups excluding carboxylic acids is 2. The molecule has 154 valence electrons. The molecule has 2 aromatic rings. The van der Waals surface area contributed by atoms with Gasteiger partial charge in [0.1, 0.15) is 12.2 Å². The maximum atomic E-state index is 12.3. The lowest BCUT2D eigenvalue weighted by atomic mass is 9.86. The third-order valence-corrected chi connectivity index (χ3v) is 6.05. The van der Waals surface area contributed by atoms with Crippen LogP contribution in [0.3, 0.4) is 0 Å². The molecule has 7 heteroatoms. The molecule has 3 atom stereocenters. The molecular formula is C22H25NO6. The van der Waals surface area contributed by atoms with E-state index in [1.54, 1.807) is 25.1 Å². The number of hydrogen-bond donors (Lipinski definition) is 1. The van der Waals surface area contributed by atoms with Crippen molar-refractivity contribution in [1.82, 2.24) is 0 Å². The SMILES string of the molecule is CCOC(=O)Nc1ccc2c(COC(=O)C[C@H]3C[C@@H]4CC[C@@H]3C4)cc(=O)oc2c1. The Labute approximate surface area is 168 Å². The van der Waals surface area contributed by atoms with E-state index < -0.39 is 11.7 Å². The molecule has 1 aromatic carbocycles. The highest BCUT2D eigenvalue weighted by molar-refractivity contribution is 5.90. The molecule has 2 fully saturated rings. The van der Waals surface area contributed by atoms with E-state index >= 15 is 0 Å². The molecule has 1 N–H and O–H groups in total. The van der Waals surface area contributed by atoms with Gasteiger partial charge in [-0.1, -0.05) is 6.42 Å². The molecule has 0 radical (unpaired) electrons. The third-order valence-electron chi connectivity index (χ3n) is 6.05. The maximum absolute atomic E-state index is 12.3. The number of fused-ring (bicyclic) bond motifs is 3. The van der Waals surface area contributed by atoms with E-state index in [2.05, 4.69) is 5.32 Å². The van der Waals surface area contributed by atoms with Gasteiger partial charge in [-0.05, 0) is 56.1 Å². The van der Waals surface area contributed by atoms with Crippen LogP contribution in [0, 0.1) is 17.8 Å². The number of anilines is 1. The molecule has 2 aliphatic carbocycles. The summed E-state index contributed by atoms with van der Waals surface area (Å²) < 4.78 is 15.6. The first kappa shape index (κ1) is 19.5. The number of hydrogen-bond acceptors (Lipinski definition) is 6. The molecule has 0 aliphatic heterocycles. The lowest BCUT2D eigenvalue weighted by Crippen LogP contribution is -2.17. The second kappa shape index (κ2) is 8.27. The summed E-state index contributed by atoms with van der Waals surface area (Å²) in [7, 11) is 0. The van der Waals surface area contributed by atoms with Crippen LogP contribution >= 0.6 is 0 Å². The molecule has 4 rings (SSSR count). The summed E-state index contributed by atoms with van der Waals surface area (Å²) in [6.45, 7) is 1.99. The van der Waals surface area contributed by atoms with Crippen LogP contribution in [0.25, 0.3) is 11.0 Å². The smallest absolute Gasteiger partial charge is 0.411 e. The van der Waals surface area contributed by atoms with E-state index in [1.165, 1.54) is 25.3 Å². The van der Waals surface area contributed by atoms with Crippen LogP contribution in [-0.4, -0.2) is 18.7 Å². The number of rotatable bonds is 6. The van der Waals surface area contributed by atoms with Gasteiger partial charge < -0.3 is 13.9 Å². The number of carbonyl (C=O) groups is 2. The lowest BCUT2D eigenvalue weighted by Gasteiger charge is -2.20. The summed E-state index contributed by atoms with van der Waals surface area (Å²) in [5.74, 6) is 1.68. The van der Waals surface area contributed by atoms with Crippen LogP contribution in [-0.2, 0) is 20.9 Å². The molecule has 1 aromatic heterocycles. The van der Waals surface area contributed by atoms with E-state index in [0.717, 1.165) is 12.3 Å². The second-order valence-electron chi connectivity index (χ2n) is 7.95. The van der Waals surface area contributed by atoms with Gasteiger partial charge >= 0.3 is 17.7 Å². The molecule has 2 aliphatic rings. The Kier molecular flexibility index (Phi) is 5.56. The first-order chi connectivity index (χ1) is 14.0. The fraction of sp³-hybridized carbons (Fsp3) is 0.500. The summed E-state index contributed by atoms with van der Waals surface area (Å²) >= 11 is 0. The van der Waals surface area contributed by atoms with Gasteiger partial charge in [-0.3, -0.25) is 10.1 Å². The minimum Gasteiger partial charge on any atom is -0.461 e. The lowest BCUT2D eigenvalue weighted by molar-refractivity contribution is -0.146. The zero-order chi connectivity index (χ0) is 20.4. The number of esters is 1. The van der Waals surface area contributed by atoms with Crippen molar-refractivity contribution in [1.29, 1.82) is 0 Å². The molecule has 0 saturated heterocycles. The van der Waals surface area contributed by atoms with Gasteiger partial charge in [0, 0.05) is 35.2 Å². The van der Waals surface area contributed by atoms with Gasteiger partial charge in [0.05, 0.1) is 6.61 Å². The topological polar surface area (TPSA) is 94.8 Å². The Hall–Kier alpha value is -2.83. The van der Waals surface area contributed by atoms with Crippen molar-refractivity contribution in [2.45, 2.75) is 45.6 Å². The second-order valence-corrected chi connectivity index (χ2v) is 7.95. The van der Waals surface area contributed by atoms with E-state index in [0.29, 0.717) is 40.5 Å². The van der Waals surface area contributed by atoms with Crippen LogP contribution in [0.2, 0.25) is 0 Å². The number of amides is 1. The van der Waals surface area contributed by atoms with E-state index in [1.807, 2.05) is 0 Å². The van der Waals surface area contributed by atoms with Crippen molar-refractivity contribution in [3.05, 3.63) is 40.2 Å². The molecule has 1 amide bonds. The number of nitrogens with one attached hydrogen (secondary N) is 1. The van der Waals surface area contributed by atoms with Crippen LogP contribution in [0.1, 0.15) is 44.6 Å². The molecule has 29 heavy (non-hydrogen) atoms. The number of benzene rings is 1. The Morgan fingerprint density at radius 3 is 2.76 bits per heavy atom. The number of ether oxygens (including phenoxy) is 2. The normalized spacial score (nSPS) is 22.6. The Bertz CT molecular complexity index is 981. The Balaban J connectivity index is 1.43. The molecule has 0 unspecified atom stereocenters. The maximum Gasteiger partial charge on any atom is 0.411 e. The molecule has 2 saturated carbocycles. The van der Waals surface area contributed by atoms with E-state index in [9.17, 15) is 14.4 Å². The summed E-state index contributed by atoms with van der Waals surface area (Å²) in [6, 6.07) is 6.29.